The van der Waals surface area contributed by atoms with Crippen molar-refractivity contribution in [3.8, 4) is 0 Å². The summed E-state index contributed by atoms with van der Waals surface area (Å²) in [6, 6.07) is 0. The van der Waals surface area contributed by atoms with Crippen molar-refractivity contribution in [1.82, 2.24) is 0 Å². The van der Waals surface area contributed by atoms with Crippen LogP contribution < -0.4 is 4.89 Å². The molecule has 0 saturated heterocycles. The third-order valence-corrected chi connectivity index (χ3v) is 17.2. The van der Waals surface area contributed by atoms with E-state index in [1.807, 2.05) is 21.1 Å². The number of likely N-dealkylation sites (N-methyl/N-ethyl adjacent to an activating group) is 1. The molecule has 0 aromatic rings. The molecule has 9 nitrogen and oxygen atoms in total. The van der Waals surface area contributed by atoms with Gasteiger partial charge in [-0.1, -0.05) is 344 Å². The van der Waals surface area contributed by atoms with E-state index in [0.717, 1.165) is 96.3 Å². The van der Waals surface area contributed by atoms with Gasteiger partial charge in [0, 0.05) is 12.8 Å². The average molecular weight is 1230 g/mol. The van der Waals surface area contributed by atoms with Crippen LogP contribution in [-0.4, -0.2) is 70.0 Å². The molecule has 86 heavy (non-hydrogen) atoms. The highest BCUT2D eigenvalue weighted by atomic mass is 31.2. The van der Waals surface area contributed by atoms with E-state index in [4.69, 9.17) is 18.5 Å². The van der Waals surface area contributed by atoms with Gasteiger partial charge in [0.25, 0.3) is 7.82 Å². The van der Waals surface area contributed by atoms with Crippen molar-refractivity contribution in [2.45, 2.75) is 354 Å². The highest BCUT2D eigenvalue weighted by molar-refractivity contribution is 7.45. The topological polar surface area (TPSA) is 111 Å². The maximum Gasteiger partial charge on any atom is 0.306 e. The maximum atomic E-state index is 12.9. The zero-order valence-corrected chi connectivity index (χ0v) is 58.2. The van der Waals surface area contributed by atoms with Crippen molar-refractivity contribution in [3.63, 3.8) is 0 Å². The molecular weight excluding hydrogens is 1090 g/mol. The number of carbonyl (C=O) groups excluding carboxylic acids is 2. The minimum absolute atomic E-state index is 0.0357. The second kappa shape index (κ2) is 66.9. The first-order chi connectivity index (χ1) is 42.0. The maximum absolute atomic E-state index is 12.9. The largest absolute Gasteiger partial charge is 0.756 e. The van der Waals surface area contributed by atoms with Crippen LogP contribution in [-0.2, 0) is 32.7 Å². The number of esters is 2. The summed E-state index contributed by atoms with van der Waals surface area (Å²) in [4.78, 5) is 38.1. The Morgan fingerprint density at radius 3 is 0.988 bits per heavy atom. The number of rotatable bonds is 68. The zero-order valence-electron chi connectivity index (χ0n) is 57.3. The lowest BCUT2D eigenvalue weighted by Crippen LogP contribution is -2.37. The Kier molecular flexibility index (Phi) is 64.9. The Balaban J connectivity index is 3.97. The molecule has 0 aliphatic rings. The monoisotopic (exact) mass is 1230 g/mol. The summed E-state index contributed by atoms with van der Waals surface area (Å²) in [5.41, 5.74) is 0. The molecule has 502 valence electrons. The standard InChI is InChI=1S/C76H140NO8P/c1-6-8-10-12-14-16-18-20-22-24-26-28-30-32-33-34-35-36-37-38-39-40-41-42-43-45-46-48-50-52-54-56-58-60-62-64-66-68-75(78)82-72-74(73-84-86(80,81)83-71-70-77(3,4)5)85-76(79)69-67-65-63-61-59-57-55-53-51-49-47-44-31-29-27-25-23-21-19-17-15-13-11-9-7-2/h9,11,15,17,21,23,27,29,44,47,51,53,74H,6-8,10,12-14,16,18-20,22,24-26,28,30-43,45-46,48-50,52,54-73H2,1-5H3/b11-9-,17-15-,23-21-,29-27-,47-44-,53-51-. The summed E-state index contributed by atoms with van der Waals surface area (Å²) in [7, 11) is 1.16. The van der Waals surface area contributed by atoms with Crippen LogP contribution in [0, 0.1) is 0 Å². The fraction of sp³-hybridized carbons (Fsp3) is 0.816. The number of allylic oxidation sites excluding steroid dienone is 12. The first-order valence-electron chi connectivity index (χ1n) is 36.6. The third-order valence-electron chi connectivity index (χ3n) is 16.2. The molecule has 0 spiro atoms. The summed E-state index contributed by atoms with van der Waals surface area (Å²) < 4.78 is 34.3. The van der Waals surface area contributed by atoms with Crippen LogP contribution in [0.25, 0.3) is 0 Å². The lowest BCUT2D eigenvalue weighted by atomic mass is 10.0. The van der Waals surface area contributed by atoms with Crippen molar-refractivity contribution in [2.24, 2.45) is 0 Å². The van der Waals surface area contributed by atoms with E-state index in [1.165, 1.54) is 218 Å². The van der Waals surface area contributed by atoms with Gasteiger partial charge in [-0.25, -0.2) is 0 Å². The van der Waals surface area contributed by atoms with Crippen LogP contribution in [0.15, 0.2) is 72.9 Å². The van der Waals surface area contributed by atoms with E-state index in [2.05, 4.69) is 86.8 Å². The molecule has 0 aliphatic heterocycles. The van der Waals surface area contributed by atoms with Crippen molar-refractivity contribution >= 4 is 19.8 Å². The number of hydrogen-bond donors (Lipinski definition) is 0. The number of nitrogens with zero attached hydrogens (tertiary/aromatic N) is 1. The molecule has 0 fully saturated rings. The number of ether oxygens (including phenoxy) is 2. The quantitative estimate of drug-likeness (QED) is 0.0195. The molecule has 0 aromatic carbocycles. The minimum Gasteiger partial charge on any atom is -0.756 e. The van der Waals surface area contributed by atoms with Crippen molar-refractivity contribution in [1.29, 1.82) is 0 Å². The molecule has 2 unspecified atom stereocenters. The van der Waals surface area contributed by atoms with Gasteiger partial charge < -0.3 is 27.9 Å². The van der Waals surface area contributed by atoms with E-state index in [-0.39, 0.29) is 32.0 Å². The van der Waals surface area contributed by atoms with Gasteiger partial charge in [0.15, 0.2) is 6.10 Å². The van der Waals surface area contributed by atoms with E-state index in [9.17, 15) is 19.0 Å². The smallest absolute Gasteiger partial charge is 0.306 e. The first-order valence-corrected chi connectivity index (χ1v) is 38.1. The molecule has 0 N–H and O–H groups in total. The summed E-state index contributed by atoms with van der Waals surface area (Å²) in [6.45, 7) is 4.15. The number of quaternary nitrogens is 1. The minimum atomic E-state index is -4.65. The molecule has 0 heterocycles. The van der Waals surface area contributed by atoms with Crippen LogP contribution in [0.3, 0.4) is 0 Å². The summed E-state index contributed by atoms with van der Waals surface area (Å²) in [5, 5.41) is 0. The normalized spacial score (nSPS) is 13.5. The van der Waals surface area contributed by atoms with E-state index in [1.54, 1.807) is 0 Å². The van der Waals surface area contributed by atoms with Crippen LogP contribution in [0.4, 0.5) is 0 Å². The lowest BCUT2D eigenvalue weighted by Gasteiger charge is -2.28. The van der Waals surface area contributed by atoms with Crippen molar-refractivity contribution in [3.05, 3.63) is 72.9 Å². The number of phosphoric acid groups is 1. The van der Waals surface area contributed by atoms with Crippen LogP contribution >= 0.6 is 7.82 Å². The van der Waals surface area contributed by atoms with E-state index < -0.39 is 26.5 Å². The summed E-state index contributed by atoms with van der Waals surface area (Å²) in [5.74, 6) is -0.839. The molecule has 0 rings (SSSR count). The third kappa shape index (κ3) is 70.5. The SMILES string of the molecule is CC/C=C\C/C=C\C/C=C\C/C=C\C/C=C\C/C=C\CCCCCCCCC(=O)OC(COC(=O)CCCCCCCCCCCCCCCCCCCCCCCCCCCCCCCCCCCCCCC)COP(=O)([O-])OCC[N+](C)(C)C. The zero-order chi connectivity index (χ0) is 62.6. The second-order valence-corrected chi connectivity index (χ2v) is 27.3. The fourth-order valence-electron chi connectivity index (χ4n) is 10.7. The Morgan fingerprint density at radius 1 is 0.372 bits per heavy atom. The second-order valence-electron chi connectivity index (χ2n) is 25.9. The van der Waals surface area contributed by atoms with Gasteiger partial charge in [0.1, 0.15) is 19.8 Å². The number of phosphoric ester groups is 1. The van der Waals surface area contributed by atoms with Gasteiger partial charge in [0.2, 0.25) is 0 Å². The first kappa shape index (κ1) is 83.5. The average Bonchev–Trinajstić information content (AvgIpc) is 3.70. The van der Waals surface area contributed by atoms with Crippen LogP contribution in [0.2, 0.25) is 0 Å². The Labute approximate surface area is 533 Å². The lowest BCUT2D eigenvalue weighted by molar-refractivity contribution is -0.870. The number of unbranched alkanes of at least 4 members (excludes halogenated alkanes) is 42. The number of hydrogen-bond acceptors (Lipinski definition) is 8. The predicted molar refractivity (Wildman–Crippen MR) is 370 cm³/mol. The molecule has 2 atom stereocenters. The molecule has 0 amide bonds. The molecule has 0 aliphatic carbocycles. The van der Waals surface area contributed by atoms with Crippen LogP contribution in [0.1, 0.15) is 348 Å². The predicted octanol–water partition coefficient (Wildman–Crippen LogP) is 23.3. The fourth-order valence-corrected chi connectivity index (χ4v) is 11.4. The van der Waals surface area contributed by atoms with Gasteiger partial charge in [-0.2, -0.15) is 0 Å². The van der Waals surface area contributed by atoms with Crippen molar-refractivity contribution < 1.29 is 42.1 Å². The Bertz CT molecular complexity index is 1680. The molecular formula is C76H140NO8P. The Hall–Kier alpha value is -2.55. The van der Waals surface area contributed by atoms with Crippen LogP contribution in [0.5, 0.6) is 0 Å². The molecule has 10 heteroatoms. The van der Waals surface area contributed by atoms with E-state index in [0.29, 0.717) is 17.4 Å². The molecule has 0 bridgehead atoms. The highest BCUT2D eigenvalue weighted by Crippen LogP contribution is 2.38. The molecule has 0 saturated carbocycles. The van der Waals surface area contributed by atoms with Gasteiger partial charge >= 0.3 is 11.9 Å². The molecule has 0 radical (unpaired) electrons. The summed E-state index contributed by atoms with van der Waals surface area (Å²) in [6.07, 6.45) is 90.1. The van der Waals surface area contributed by atoms with Gasteiger partial charge in [-0.15, -0.1) is 0 Å². The molecule has 0 aromatic heterocycles. The summed E-state index contributed by atoms with van der Waals surface area (Å²) >= 11 is 0. The highest BCUT2D eigenvalue weighted by Gasteiger charge is 2.22. The van der Waals surface area contributed by atoms with Crippen molar-refractivity contribution in [2.75, 3.05) is 47.5 Å². The van der Waals surface area contributed by atoms with E-state index >= 15 is 0 Å². The number of carbonyl (C=O) groups is 2. The van der Waals surface area contributed by atoms with Gasteiger partial charge in [-0.3, -0.25) is 14.2 Å². The van der Waals surface area contributed by atoms with Gasteiger partial charge in [-0.05, 0) is 64.2 Å². The Morgan fingerprint density at radius 2 is 0.663 bits per heavy atom. The van der Waals surface area contributed by atoms with Gasteiger partial charge in [0.05, 0.1) is 27.7 Å².